The lowest BCUT2D eigenvalue weighted by atomic mass is 10.0. The van der Waals surface area contributed by atoms with Crippen molar-refractivity contribution in [2.45, 2.75) is 38.0 Å². The number of pyridine rings is 1. The van der Waals surface area contributed by atoms with Crippen molar-refractivity contribution in [3.05, 3.63) is 51.8 Å². The first-order valence-corrected chi connectivity index (χ1v) is 12.9. The molecule has 2 atom stereocenters. The van der Waals surface area contributed by atoms with Gasteiger partial charge < -0.3 is 25.0 Å². The molecule has 2 heterocycles. The van der Waals surface area contributed by atoms with E-state index in [9.17, 15) is 13.6 Å². The molecule has 2 aromatic rings. The van der Waals surface area contributed by atoms with Gasteiger partial charge in [0.1, 0.15) is 22.2 Å². The molecule has 35 heavy (non-hydrogen) atoms. The van der Waals surface area contributed by atoms with Crippen LogP contribution >= 0.6 is 35.0 Å². The fourth-order valence-corrected chi connectivity index (χ4v) is 5.00. The van der Waals surface area contributed by atoms with Crippen LogP contribution in [0.1, 0.15) is 30.1 Å². The number of thioether (sulfide) groups is 1. The average molecular weight is 551 g/mol. The predicted octanol–water partition coefficient (Wildman–Crippen LogP) is 4.55. The van der Waals surface area contributed by atoms with Crippen molar-refractivity contribution >= 4 is 40.9 Å². The van der Waals surface area contributed by atoms with Gasteiger partial charge in [0.2, 0.25) is 0 Å². The van der Waals surface area contributed by atoms with Crippen LogP contribution in [0.3, 0.4) is 0 Å². The number of halogens is 4. The molecule has 0 spiro atoms. The number of hydrogen-bond donors (Lipinski definition) is 1. The van der Waals surface area contributed by atoms with E-state index in [0.717, 1.165) is 18.6 Å². The van der Waals surface area contributed by atoms with Crippen molar-refractivity contribution in [1.29, 1.82) is 0 Å². The first kappa shape index (κ1) is 27.7. The number of aromatic nitrogens is 1. The van der Waals surface area contributed by atoms with E-state index in [2.05, 4.69) is 15.0 Å². The molecule has 1 aromatic carbocycles. The third-order valence-corrected chi connectivity index (χ3v) is 7.31. The third-order valence-electron chi connectivity index (χ3n) is 5.58. The summed E-state index contributed by atoms with van der Waals surface area (Å²) in [5.41, 5.74) is 1.16. The smallest absolute Gasteiger partial charge is 0.387 e. The van der Waals surface area contributed by atoms with Crippen molar-refractivity contribution in [1.82, 2.24) is 5.32 Å². The number of aromatic amines is 1. The van der Waals surface area contributed by atoms with Crippen molar-refractivity contribution < 1.29 is 38.2 Å². The van der Waals surface area contributed by atoms with Crippen LogP contribution in [0.15, 0.2) is 30.6 Å². The van der Waals surface area contributed by atoms with Gasteiger partial charge in [-0.25, -0.2) is 4.98 Å². The molecule has 2 fully saturated rings. The lowest BCUT2D eigenvalue weighted by Gasteiger charge is -2.26. The molecular weight excluding hydrogens is 525 g/mol. The minimum atomic E-state index is -2.99. The number of esters is 1. The van der Waals surface area contributed by atoms with E-state index in [1.54, 1.807) is 36.3 Å². The van der Waals surface area contributed by atoms with Crippen molar-refractivity contribution in [2.75, 3.05) is 24.7 Å². The van der Waals surface area contributed by atoms with Gasteiger partial charge in [0, 0.05) is 30.0 Å². The number of rotatable bonds is 10. The van der Waals surface area contributed by atoms with Gasteiger partial charge in [-0.1, -0.05) is 29.3 Å². The van der Waals surface area contributed by atoms with Crippen molar-refractivity contribution in [2.24, 2.45) is 5.92 Å². The van der Waals surface area contributed by atoms with Crippen LogP contribution in [0.2, 0.25) is 10.0 Å². The number of nitrogens with one attached hydrogen (secondary N) is 2. The van der Waals surface area contributed by atoms with E-state index >= 15 is 0 Å². The van der Waals surface area contributed by atoms with Crippen LogP contribution in [0.5, 0.6) is 11.5 Å². The van der Waals surface area contributed by atoms with Gasteiger partial charge >= 0.3 is 12.6 Å². The molecule has 2 aliphatic rings. The number of ether oxygens (including phenoxy) is 3. The minimum absolute atomic E-state index is 0. The number of alkyl halides is 2. The Hall–Kier alpha value is -1.85. The van der Waals surface area contributed by atoms with Gasteiger partial charge in [-0.2, -0.15) is 20.5 Å². The van der Waals surface area contributed by atoms with Gasteiger partial charge in [-0.15, -0.1) is 0 Å². The highest BCUT2D eigenvalue weighted by molar-refractivity contribution is 7.99. The lowest BCUT2D eigenvalue weighted by molar-refractivity contribution is -0.377. The zero-order valence-corrected chi connectivity index (χ0v) is 21.0. The summed E-state index contributed by atoms with van der Waals surface area (Å²) in [6.07, 6.45) is 4.67. The van der Waals surface area contributed by atoms with Crippen molar-refractivity contribution in [3.63, 3.8) is 0 Å². The third kappa shape index (κ3) is 7.82. The summed E-state index contributed by atoms with van der Waals surface area (Å²) in [6, 6.07) is 4.13. The van der Waals surface area contributed by atoms with E-state index < -0.39 is 24.7 Å². The molecule has 0 radical (unpaired) electrons. The quantitative estimate of drug-likeness (QED) is 0.433. The van der Waals surface area contributed by atoms with Crippen LogP contribution < -0.4 is 19.8 Å². The normalized spacial score (nSPS) is 18.5. The Bertz CT molecular complexity index is 990. The first-order chi connectivity index (χ1) is 16.4. The second kappa shape index (κ2) is 12.9. The van der Waals surface area contributed by atoms with Crippen LogP contribution in [0, 0.1) is 5.92 Å². The molecule has 1 saturated heterocycles. The van der Waals surface area contributed by atoms with Gasteiger partial charge in [-0.3, -0.25) is 4.79 Å². The maximum absolute atomic E-state index is 12.9. The Kier molecular flexibility index (Phi) is 10.2. The Labute approximate surface area is 216 Å². The van der Waals surface area contributed by atoms with Gasteiger partial charge in [-0.05, 0) is 36.5 Å². The second-order valence-corrected chi connectivity index (χ2v) is 10.1. The Morgan fingerprint density at radius 1 is 1.20 bits per heavy atom. The average Bonchev–Trinajstić information content (AvgIpc) is 3.65. The predicted molar refractivity (Wildman–Crippen MR) is 128 cm³/mol. The molecule has 1 aliphatic carbocycles. The number of H-pyrrole nitrogens is 1. The Balaban J connectivity index is 0.00000342. The van der Waals surface area contributed by atoms with E-state index in [-0.39, 0.29) is 23.4 Å². The summed E-state index contributed by atoms with van der Waals surface area (Å²) in [5.74, 6) is 1.64. The topological polar surface area (TPSA) is 101 Å². The van der Waals surface area contributed by atoms with Crippen molar-refractivity contribution in [3.8, 4) is 11.5 Å². The maximum atomic E-state index is 12.9. The summed E-state index contributed by atoms with van der Waals surface area (Å²) < 4.78 is 42.2. The highest BCUT2D eigenvalue weighted by atomic mass is 35.5. The van der Waals surface area contributed by atoms with Crippen LogP contribution in [0.25, 0.3) is 0 Å². The minimum Gasteiger partial charge on any atom is -0.870 e. The summed E-state index contributed by atoms with van der Waals surface area (Å²) in [4.78, 5) is 15.8. The monoisotopic (exact) mass is 550 g/mol. The highest BCUT2D eigenvalue weighted by Gasteiger charge is 2.29. The van der Waals surface area contributed by atoms with Gasteiger partial charge in [0.15, 0.2) is 23.9 Å². The fraction of sp³-hybridized carbons (Fsp3) is 0.478. The zero-order chi connectivity index (χ0) is 24.1. The molecule has 12 heteroatoms. The standard InChI is InChI=1S/C23H24Cl2F2N2O4S.H2O/c24-16-9-28-10-17(25)15(16)8-20(32-22(30)18-12-34-6-5-29-18)14-3-4-19(33-23(26)27)21(7-14)31-11-13-1-2-13;/h3-4,7,9-10,13,18,20,23,29H,1-2,5-6,8,11-12H2;1H2/t18?,20-;/m0./s1. The summed E-state index contributed by atoms with van der Waals surface area (Å²) in [7, 11) is 0. The number of hydrogen-bond acceptors (Lipinski definition) is 7. The molecule has 1 aliphatic heterocycles. The molecule has 1 unspecified atom stereocenters. The second-order valence-electron chi connectivity index (χ2n) is 8.18. The molecule has 3 N–H and O–H groups in total. The van der Waals surface area contributed by atoms with E-state index in [1.807, 2.05) is 0 Å². The molecule has 1 aromatic heterocycles. The first-order valence-electron chi connectivity index (χ1n) is 11.0. The fourth-order valence-electron chi connectivity index (χ4n) is 3.55. The van der Waals surface area contributed by atoms with E-state index in [1.165, 1.54) is 6.07 Å². The Morgan fingerprint density at radius 2 is 1.94 bits per heavy atom. The molecule has 0 amide bonds. The van der Waals surface area contributed by atoms with Crippen LogP contribution in [-0.4, -0.2) is 48.8 Å². The molecular formula is C23H26Cl2F2N2O5S. The molecule has 0 bridgehead atoms. The molecule has 1 saturated carbocycles. The number of carbonyl (C=O) groups is 1. The van der Waals surface area contributed by atoms with E-state index in [0.29, 0.717) is 46.0 Å². The lowest BCUT2D eigenvalue weighted by Crippen LogP contribution is -2.44. The summed E-state index contributed by atoms with van der Waals surface area (Å²) >= 11 is 14.4. The zero-order valence-electron chi connectivity index (χ0n) is 18.6. The largest absolute Gasteiger partial charge is 0.870 e. The summed E-state index contributed by atoms with van der Waals surface area (Å²) in [5, 5.41) is 3.95. The maximum Gasteiger partial charge on any atom is 0.387 e. The number of benzene rings is 1. The van der Waals surface area contributed by atoms with Crippen LogP contribution in [0.4, 0.5) is 8.78 Å². The number of carbonyl (C=O) groups excluding carboxylic acids is 1. The molecule has 7 nitrogen and oxygen atoms in total. The summed E-state index contributed by atoms with van der Waals surface area (Å²) in [6.45, 7) is -1.88. The Morgan fingerprint density at radius 3 is 2.57 bits per heavy atom. The van der Waals surface area contributed by atoms with E-state index in [4.69, 9.17) is 32.7 Å². The SMILES string of the molecule is O=C(O[C@@H](Cc1c(Cl)c[nH+]cc1Cl)c1ccc(OC(F)F)c(OCC2CC2)c1)C1CSCCN1.[OH-]. The highest BCUT2D eigenvalue weighted by Crippen LogP contribution is 2.37. The molecule has 4 rings (SSSR count). The van der Waals surface area contributed by atoms with Crippen LogP contribution in [-0.2, 0) is 16.0 Å². The molecule has 192 valence electrons. The van der Waals surface area contributed by atoms with Gasteiger partial charge in [0.05, 0.1) is 6.61 Å². The van der Waals surface area contributed by atoms with Gasteiger partial charge in [0.25, 0.3) is 0 Å².